The van der Waals surface area contributed by atoms with Crippen LogP contribution in [0, 0.1) is 0 Å². The van der Waals surface area contributed by atoms with Gasteiger partial charge in [-0.05, 0) is 48.4 Å². The molecule has 5 rings (SSSR count). The first kappa shape index (κ1) is 25.9. The fraction of sp³-hybridized carbons (Fsp3) is 0.160. The number of benzene rings is 2. The van der Waals surface area contributed by atoms with Crippen molar-refractivity contribution >= 4 is 39.8 Å². The molecule has 200 valence electrons. The van der Waals surface area contributed by atoms with Crippen molar-refractivity contribution in [2.45, 2.75) is 19.0 Å². The Hall–Kier alpha value is -4.72. The molecular formula is C25H19F3N6O4S. The Morgan fingerprint density at radius 1 is 1.00 bits per heavy atom. The summed E-state index contributed by atoms with van der Waals surface area (Å²) in [7, 11) is 0. The van der Waals surface area contributed by atoms with E-state index in [0.717, 1.165) is 22.9 Å². The summed E-state index contributed by atoms with van der Waals surface area (Å²) in [5.41, 5.74) is -0.295. The van der Waals surface area contributed by atoms with Crippen molar-refractivity contribution in [2.75, 3.05) is 22.1 Å². The summed E-state index contributed by atoms with van der Waals surface area (Å²) in [5, 5.41) is 14.8. The zero-order valence-electron chi connectivity index (χ0n) is 19.9. The van der Waals surface area contributed by atoms with Gasteiger partial charge in [-0.1, -0.05) is 11.3 Å². The monoisotopic (exact) mass is 556 g/mol. The number of hydrogen-bond donors (Lipinski definition) is 3. The largest absolute Gasteiger partial charge is 0.508 e. The van der Waals surface area contributed by atoms with E-state index in [1.165, 1.54) is 23.7 Å². The highest BCUT2D eigenvalue weighted by atomic mass is 32.1. The van der Waals surface area contributed by atoms with Gasteiger partial charge in [0.25, 0.3) is 0 Å². The number of nitrogens with one attached hydrogen (secondary N) is 2. The van der Waals surface area contributed by atoms with Gasteiger partial charge < -0.3 is 20.5 Å². The number of aromatic hydroxyl groups is 1. The number of nitrogens with zero attached hydrogens (tertiary/aromatic N) is 4. The molecule has 3 heterocycles. The van der Waals surface area contributed by atoms with Crippen molar-refractivity contribution in [3.05, 3.63) is 66.6 Å². The second-order valence-electron chi connectivity index (χ2n) is 8.38. The van der Waals surface area contributed by atoms with Crippen molar-refractivity contribution in [3.8, 4) is 28.0 Å². The molecule has 10 nitrogen and oxygen atoms in total. The highest BCUT2D eigenvalue weighted by Crippen LogP contribution is 2.35. The first-order chi connectivity index (χ1) is 18.6. The molecule has 2 aromatic carbocycles. The summed E-state index contributed by atoms with van der Waals surface area (Å²) < 4.78 is 44.4. The van der Waals surface area contributed by atoms with Crippen molar-refractivity contribution in [1.29, 1.82) is 0 Å². The van der Waals surface area contributed by atoms with Crippen molar-refractivity contribution in [3.63, 3.8) is 0 Å². The lowest BCUT2D eigenvalue weighted by Crippen LogP contribution is -2.23. The number of aromatic nitrogens is 3. The number of phenolic OH excluding ortho intramolecular Hbond substituents is 1. The number of halogens is 3. The predicted molar refractivity (Wildman–Crippen MR) is 137 cm³/mol. The van der Waals surface area contributed by atoms with Crippen molar-refractivity contribution in [2.24, 2.45) is 0 Å². The topological polar surface area (TPSA) is 130 Å². The van der Waals surface area contributed by atoms with Gasteiger partial charge in [-0.3, -0.25) is 9.69 Å². The van der Waals surface area contributed by atoms with E-state index < -0.39 is 23.5 Å². The fourth-order valence-electron chi connectivity index (χ4n) is 3.74. The van der Waals surface area contributed by atoms with Crippen LogP contribution in [-0.2, 0) is 11.0 Å². The van der Waals surface area contributed by atoms with Crippen LogP contribution in [0.15, 0.2) is 61.1 Å². The molecule has 0 radical (unpaired) electrons. The van der Waals surface area contributed by atoms with E-state index in [2.05, 4.69) is 25.6 Å². The molecule has 1 saturated heterocycles. The number of phenols is 1. The van der Waals surface area contributed by atoms with Crippen LogP contribution in [0.5, 0.6) is 17.5 Å². The summed E-state index contributed by atoms with van der Waals surface area (Å²) in [6.07, 6.45) is 0.935. The first-order valence-corrected chi connectivity index (χ1v) is 12.3. The molecule has 14 heteroatoms. The fourth-order valence-corrected chi connectivity index (χ4v) is 4.70. The Morgan fingerprint density at radius 3 is 2.38 bits per heavy atom. The summed E-state index contributed by atoms with van der Waals surface area (Å²) in [6.45, 7) is 0.678. The van der Waals surface area contributed by atoms with Gasteiger partial charge in [-0.25, -0.2) is 19.7 Å². The highest BCUT2D eigenvalue weighted by molar-refractivity contribution is 7.19. The SMILES string of the molecule is O=C(Nc1cnc(Oc2ccc(-c3cnc(N4CCCC4=O)s3)cc2)nc1)Nc1cc(O)cc(C(F)(F)F)c1. The minimum atomic E-state index is -4.69. The van der Waals surface area contributed by atoms with Crippen LogP contribution in [0.3, 0.4) is 0 Å². The van der Waals surface area contributed by atoms with E-state index in [-0.39, 0.29) is 23.3 Å². The summed E-state index contributed by atoms with van der Waals surface area (Å²) >= 11 is 1.43. The molecule has 2 aromatic heterocycles. The second-order valence-corrected chi connectivity index (χ2v) is 9.39. The van der Waals surface area contributed by atoms with Gasteiger partial charge in [0.1, 0.15) is 11.5 Å². The van der Waals surface area contributed by atoms with Crippen molar-refractivity contribution < 1.29 is 32.6 Å². The van der Waals surface area contributed by atoms with Crippen LogP contribution in [0.1, 0.15) is 18.4 Å². The van der Waals surface area contributed by atoms with E-state index in [1.807, 2.05) is 12.1 Å². The molecule has 0 spiro atoms. The lowest BCUT2D eigenvalue weighted by atomic mass is 10.2. The minimum absolute atomic E-state index is 0.00383. The minimum Gasteiger partial charge on any atom is -0.508 e. The maximum Gasteiger partial charge on any atom is 0.416 e. The van der Waals surface area contributed by atoms with E-state index in [9.17, 15) is 27.9 Å². The van der Waals surface area contributed by atoms with Gasteiger partial charge in [0, 0.05) is 30.9 Å². The van der Waals surface area contributed by atoms with E-state index >= 15 is 0 Å². The summed E-state index contributed by atoms with van der Waals surface area (Å²) in [6, 6.07) is 8.50. The third-order valence-corrected chi connectivity index (χ3v) is 6.60. The third-order valence-electron chi connectivity index (χ3n) is 5.53. The maximum atomic E-state index is 12.9. The Kier molecular flexibility index (Phi) is 7.02. The Balaban J connectivity index is 1.17. The lowest BCUT2D eigenvalue weighted by Gasteiger charge is -2.11. The standard InChI is InChI=1S/C25H19F3N6O4S/c26-25(27,28)15-8-16(10-18(35)9-15)32-22(37)33-17-11-29-23(30-12-17)38-19-5-3-14(4-6-19)20-13-31-24(39-20)34-7-1-2-21(34)36/h3-6,8-13,35H,1-2,7H2,(H2,32,33,37). The molecule has 3 N–H and O–H groups in total. The van der Waals surface area contributed by atoms with E-state index in [0.29, 0.717) is 36.0 Å². The average molecular weight is 557 g/mol. The zero-order valence-corrected chi connectivity index (χ0v) is 20.7. The zero-order chi connectivity index (χ0) is 27.6. The number of carbonyl (C=O) groups excluding carboxylic acids is 2. The number of urea groups is 1. The normalized spacial score (nSPS) is 13.4. The van der Waals surface area contributed by atoms with E-state index in [1.54, 1.807) is 23.2 Å². The smallest absolute Gasteiger partial charge is 0.416 e. The number of carbonyl (C=O) groups is 2. The molecule has 39 heavy (non-hydrogen) atoms. The number of hydrogen-bond acceptors (Lipinski definition) is 8. The van der Waals surface area contributed by atoms with Gasteiger partial charge in [-0.15, -0.1) is 0 Å². The van der Waals surface area contributed by atoms with Crippen LogP contribution in [-0.4, -0.2) is 38.5 Å². The summed E-state index contributed by atoms with van der Waals surface area (Å²) in [5.74, 6) is -0.105. The molecule has 0 bridgehead atoms. The molecule has 3 amide bonds. The molecule has 0 saturated carbocycles. The summed E-state index contributed by atoms with van der Waals surface area (Å²) in [4.78, 5) is 39.1. The van der Waals surface area contributed by atoms with Gasteiger partial charge >= 0.3 is 18.2 Å². The van der Waals surface area contributed by atoms with Gasteiger partial charge in [-0.2, -0.15) is 13.2 Å². The van der Waals surface area contributed by atoms with Crippen LogP contribution in [0.4, 0.5) is 34.5 Å². The first-order valence-electron chi connectivity index (χ1n) is 11.5. The lowest BCUT2D eigenvalue weighted by molar-refractivity contribution is -0.137. The maximum absolute atomic E-state index is 12.9. The molecule has 1 aliphatic heterocycles. The number of ether oxygens (including phenoxy) is 1. The number of thiazole rings is 1. The molecular weight excluding hydrogens is 537 g/mol. The number of anilines is 3. The van der Waals surface area contributed by atoms with Crippen LogP contribution >= 0.6 is 11.3 Å². The van der Waals surface area contributed by atoms with Gasteiger partial charge in [0.05, 0.1) is 28.5 Å². The van der Waals surface area contributed by atoms with Crippen LogP contribution in [0.2, 0.25) is 0 Å². The molecule has 4 aromatic rings. The van der Waals surface area contributed by atoms with E-state index in [4.69, 9.17) is 4.74 Å². The average Bonchev–Trinajstić information content (AvgIpc) is 3.54. The molecule has 0 unspecified atom stereocenters. The number of alkyl halides is 3. The molecule has 0 aliphatic carbocycles. The molecule has 0 atom stereocenters. The second kappa shape index (κ2) is 10.6. The molecule has 1 fully saturated rings. The Labute approximate surface area is 223 Å². The predicted octanol–water partition coefficient (Wildman–Crippen LogP) is 5.89. The van der Waals surface area contributed by atoms with Gasteiger partial charge in [0.2, 0.25) is 5.91 Å². The van der Waals surface area contributed by atoms with Crippen LogP contribution < -0.4 is 20.3 Å². The van der Waals surface area contributed by atoms with Crippen LogP contribution in [0.25, 0.3) is 10.4 Å². The number of amides is 3. The Morgan fingerprint density at radius 2 is 1.72 bits per heavy atom. The highest BCUT2D eigenvalue weighted by Gasteiger charge is 2.31. The Bertz CT molecular complexity index is 1510. The van der Waals surface area contributed by atoms with Gasteiger partial charge in [0.15, 0.2) is 5.13 Å². The van der Waals surface area contributed by atoms with Crippen molar-refractivity contribution in [1.82, 2.24) is 15.0 Å². The third kappa shape index (κ3) is 6.23. The molecule has 1 aliphatic rings. The quantitative estimate of drug-likeness (QED) is 0.270. The number of rotatable bonds is 6.